The smallest absolute Gasteiger partial charge is 0.347 e. The van der Waals surface area contributed by atoms with Crippen LogP contribution in [0.15, 0.2) is 138 Å². The zero-order valence-corrected chi connectivity index (χ0v) is 37.2. The van der Waals surface area contributed by atoms with Crippen molar-refractivity contribution in [1.29, 1.82) is 0 Å². The Labute approximate surface area is 385 Å². The number of esters is 1. The lowest BCUT2D eigenvalue weighted by atomic mass is 9.85. The van der Waals surface area contributed by atoms with E-state index in [0.29, 0.717) is 27.6 Å². The van der Waals surface area contributed by atoms with Crippen molar-refractivity contribution in [2.45, 2.75) is 44.2 Å². The van der Waals surface area contributed by atoms with Gasteiger partial charge in [0.15, 0.2) is 0 Å². The van der Waals surface area contributed by atoms with Crippen molar-refractivity contribution in [3.8, 4) is 21.9 Å². The number of thiophene rings is 1. The second-order valence-corrected chi connectivity index (χ2v) is 17.7. The summed E-state index contributed by atoms with van der Waals surface area (Å²) >= 11 is 1.41. The van der Waals surface area contributed by atoms with E-state index in [0.717, 1.165) is 47.8 Å². The molecule has 1 saturated heterocycles. The number of nitrogens with zero attached hydrogens (tertiary/aromatic N) is 1. The third-order valence-corrected chi connectivity index (χ3v) is 13.2. The molecule has 1 aliphatic rings. The Bertz CT molecular complexity index is 2870. The van der Waals surface area contributed by atoms with Gasteiger partial charge in [0, 0.05) is 52.0 Å². The average Bonchev–Trinajstić information content (AvgIpc) is 3.83. The Morgan fingerprint density at radius 2 is 1.64 bits per heavy atom. The van der Waals surface area contributed by atoms with Gasteiger partial charge in [-0.15, -0.1) is 11.3 Å². The van der Waals surface area contributed by atoms with Crippen molar-refractivity contribution >= 4 is 34.1 Å². The zero-order chi connectivity index (χ0) is 46.2. The second-order valence-electron chi connectivity index (χ2n) is 16.5. The maximum atomic E-state index is 15.5. The summed E-state index contributed by atoms with van der Waals surface area (Å²) in [5.41, 5.74) is 1.24. The molecule has 8 rings (SSSR count). The van der Waals surface area contributed by atoms with Crippen LogP contribution >= 0.6 is 11.3 Å². The largest absolute Gasteiger partial charge is 0.506 e. The van der Waals surface area contributed by atoms with Gasteiger partial charge in [-0.3, -0.25) is 14.5 Å². The summed E-state index contributed by atoms with van der Waals surface area (Å²) in [6.45, 7) is 3.15. The van der Waals surface area contributed by atoms with E-state index in [1.807, 2.05) is 42.5 Å². The number of aromatic nitrogens is 1. The number of phenols is 1. The number of aliphatic hydroxyl groups is 2. The van der Waals surface area contributed by atoms with Crippen LogP contribution in [-0.4, -0.2) is 70.4 Å². The Hall–Kier alpha value is -6.68. The molecule has 6 N–H and O–H groups in total. The number of carbonyl (C=O) groups is 2. The lowest BCUT2D eigenvalue weighted by Gasteiger charge is -2.33. The highest BCUT2D eigenvalue weighted by Gasteiger charge is 2.42. The van der Waals surface area contributed by atoms with Gasteiger partial charge in [0.05, 0.1) is 37.4 Å². The van der Waals surface area contributed by atoms with Crippen molar-refractivity contribution in [2.24, 2.45) is 5.92 Å². The molecule has 0 bridgehead atoms. The Morgan fingerprint density at radius 3 is 2.39 bits per heavy atom. The molecule has 12 nitrogen and oxygen atoms in total. The molecule has 340 valence electrons. The number of benzene rings is 5. The van der Waals surface area contributed by atoms with E-state index in [-0.39, 0.29) is 60.3 Å². The summed E-state index contributed by atoms with van der Waals surface area (Å²) < 4.78 is 26.9. The van der Waals surface area contributed by atoms with E-state index in [2.05, 4.69) is 32.7 Å². The number of piperidine rings is 1. The summed E-state index contributed by atoms with van der Waals surface area (Å²) in [5.74, 6) is -1.80. The number of aromatic hydroxyl groups is 1. The van der Waals surface area contributed by atoms with Gasteiger partial charge in [0.1, 0.15) is 17.3 Å². The standard InChI is InChI=1S/C52H51FN4O8S/c1-64-46-27-42(43(53)26-36(46)28-54-30-45(59)40-16-18-44(58)49-41(40)17-20-48(60)56-49)50(61)55-29-39-15-19-47(66-39)35-11-8-14-38(25-35)52(63,37-12-6-3-7-13-37)51(62)65-32-34-21-23-57(24-22-34)31-33-9-4-2-5-10-33/h2-20,25-27,34,45,54,58-59,63H,21-24,28-32H2,1H3,(H,55,61)(H,56,60)/t45-,52?/m0/s1. The molecule has 14 heteroatoms. The van der Waals surface area contributed by atoms with Crippen LogP contribution in [0.5, 0.6) is 11.5 Å². The molecule has 2 atom stereocenters. The minimum atomic E-state index is -2.07. The van der Waals surface area contributed by atoms with E-state index < -0.39 is 29.4 Å². The van der Waals surface area contributed by atoms with Crippen LogP contribution in [0, 0.1) is 11.7 Å². The van der Waals surface area contributed by atoms with Crippen LogP contribution in [0.1, 0.15) is 62.0 Å². The number of carbonyl (C=O) groups excluding carboxylic acids is 2. The van der Waals surface area contributed by atoms with Gasteiger partial charge >= 0.3 is 5.97 Å². The number of methoxy groups -OCH3 is 1. The SMILES string of the molecule is COc1cc(C(=O)NCc2ccc(-c3cccc(C(O)(C(=O)OCC4CCN(Cc5ccccc5)CC4)c4ccccc4)c3)s2)c(F)cc1CNC[C@H](O)c1ccc(O)c2[nH]c(=O)ccc12. The fraction of sp³-hybridized carbons (Fsp3) is 0.250. The Kier molecular flexibility index (Phi) is 14.4. The van der Waals surface area contributed by atoms with Crippen LogP contribution in [-0.2, 0) is 34.8 Å². The van der Waals surface area contributed by atoms with Gasteiger partial charge in [-0.05, 0) is 96.6 Å². The fourth-order valence-electron chi connectivity index (χ4n) is 8.42. The first-order valence-corrected chi connectivity index (χ1v) is 22.6. The monoisotopic (exact) mass is 910 g/mol. The molecule has 7 aromatic rings. The van der Waals surface area contributed by atoms with Gasteiger partial charge in [-0.2, -0.15) is 0 Å². The molecule has 1 fully saturated rings. The van der Waals surface area contributed by atoms with E-state index >= 15 is 4.39 Å². The van der Waals surface area contributed by atoms with E-state index in [1.54, 1.807) is 48.5 Å². The van der Waals surface area contributed by atoms with E-state index in [4.69, 9.17) is 9.47 Å². The molecule has 2 aromatic heterocycles. The Morgan fingerprint density at radius 1 is 0.894 bits per heavy atom. The highest BCUT2D eigenvalue weighted by molar-refractivity contribution is 7.15. The molecule has 3 heterocycles. The molecule has 1 aliphatic heterocycles. The van der Waals surface area contributed by atoms with Crippen molar-refractivity contribution in [1.82, 2.24) is 20.5 Å². The number of fused-ring (bicyclic) bond motifs is 1. The number of hydrogen-bond donors (Lipinski definition) is 6. The average molecular weight is 911 g/mol. The number of rotatable bonds is 17. The van der Waals surface area contributed by atoms with Gasteiger partial charge in [-0.25, -0.2) is 9.18 Å². The minimum Gasteiger partial charge on any atom is -0.506 e. The Balaban J connectivity index is 0.885. The van der Waals surface area contributed by atoms with Crippen LogP contribution in [0.25, 0.3) is 21.3 Å². The number of ether oxygens (including phenoxy) is 2. The number of aliphatic hydroxyl groups excluding tert-OH is 1. The zero-order valence-electron chi connectivity index (χ0n) is 36.3. The first-order valence-electron chi connectivity index (χ1n) is 21.8. The molecule has 66 heavy (non-hydrogen) atoms. The van der Waals surface area contributed by atoms with Crippen molar-refractivity contribution < 1.29 is 38.8 Å². The third kappa shape index (κ3) is 10.4. The highest BCUT2D eigenvalue weighted by Crippen LogP contribution is 2.36. The highest BCUT2D eigenvalue weighted by atomic mass is 32.1. The van der Waals surface area contributed by atoms with Crippen molar-refractivity contribution in [3.05, 3.63) is 188 Å². The number of phenolic OH excluding ortho intramolecular Hbond substituents is 1. The lowest BCUT2D eigenvalue weighted by molar-refractivity contribution is -0.164. The number of hydrogen-bond acceptors (Lipinski definition) is 11. The number of nitrogens with one attached hydrogen (secondary N) is 3. The van der Waals surface area contributed by atoms with Crippen molar-refractivity contribution in [2.75, 3.05) is 33.4 Å². The molecule has 1 unspecified atom stereocenters. The van der Waals surface area contributed by atoms with Crippen LogP contribution in [0.4, 0.5) is 4.39 Å². The lowest BCUT2D eigenvalue weighted by Crippen LogP contribution is -2.40. The number of amides is 1. The number of halogens is 1. The summed E-state index contributed by atoms with van der Waals surface area (Å²) in [5, 5.41) is 39.8. The summed E-state index contributed by atoms with van der Waals surface area (Å²) in [4.78, 5) is 45.7. The molecule has 0 saturated carbocycles. The summed E-state index contributed by atoms with van der Waals surface area (Å²) in [7, 11) is 1.42. The van der Waals surface area contributed by atoms with Crippen LogP contribution in [0.3, 0.4) is 0 Å². The van der Waals surface area contributed by atoms with Gasteiger partial charge < -0.3 is 40.4 Å². The predicted molar refractivity (Wildman–Crippen MR) is 252 cm³/mol. The first-order chi connectivity index (χ1) is 32.0. The third-order valence-electron chi connectivity index (χ3n) is 12.1. The summed E-state index contributed by atoms with van der Waals surface area (Å²) in [6, 6.07) is 38.4. The minimum absolute atomic E-state index is 0.0511. The first kappa shape index (κ1) is 45.9. The maximum Gasteiger partial charge on any atom is 0.347 e. The van der Waals surface area contributed by atoms with Gasteiger partial charge in [-0.1, -0.05) is 84.9 Å². The summed E-state index contributed by atoms with van der Waals surface area (Å²) in [6.07, 6.45) is 0.740. The predicted octanol–water partition coefficient (Wildman–Crippen LogP) is 7.55. The van der Waals surface area contributed by atoms with E-state index in [1.165, 1.54) is 54.3 Å². The van der Waals surface area contributed by atoms with Crippen LogP contribution in [0.2, 0.25) is 0 Å². The molecule has 5 aromatic carbocycles. The van der Waals surface area contributed by atoms with Crippen LogP contribution < -0.4 is 20.9 Å². The molecule has 0 spiro atoms. The normalized spacial score (nSPS) is 14.7. The van der Waals surface area contributed by atoms with Gasteiger partial charge in [0.25, 0.3) is 5.91 Å². The van der Waals surface area contributed by atoms with E-state index in [9.17, 15) is 29.7 Å². The second kappa shape index (κ2) is 20.7. The number of likely N-dealkylation sites (tertiary alicyclic amines) is 1. The fourth-order valence-corrected chi connectivity index (χ4v) is 9.36. The topological polar surface area (TPSA) is 173 Å². The molecular weight excluding hydrogens is 860 g/mol. The van der Waals surface area contributed by atoms with Gasteiger partial charge in [0.2, 0.25) is 11.2 Å². The molecule has 0 aliphatic carbocycles. The van der Waals surface area contributed by atoms with Crippen molar-refractivity contribution in [3.63, 3.8) is 0 Å². The quantitative estimate of drug-likeness (QED) is 0.0501. The number of H-pyrrole nitrogens is 1. The molecular formula is C52H51FN4O8S. The number of aromatic amines is 1. The molecule has 1 amide bonds. The molecule has 0 radical (unpaired) electrons. The maximum absolute atomic E-state index is 15.5. The number of pyridine rings is 1.